The van der Waals surface area contributed by atoms with Crippen molar-refractivity contribution in [2.24, 2.45) is 11.8 Å². The van der Waals surface area contributed by atoms with Crippen LogP contribution in [-0.2, 0) is 0 Å². The van der Waals surface area contributed by atoms with E-state index in [0.29, 0.717) is 18.7 Å². The van der Waals surface area contributed by atoms with Crippen LogP contribution in [-0.4, -0.2) is 29.5 Å². The Labute approximate surface area is 142 Å². The van der Waals surface area contributed by atoms with Crippen LogP contribution in [0.1, 0.15) is 27.2 Å². The average Bonchev–Trinajstić information content (AvgIpc) is 2.51. The van der Waals surface area contributed by atoms with E-state index in [9.17, 15) is 9.90 Å². The molecule has 0 heterocycles. The highest BCUT2D eigenvalue weighted by atomic mass is 32.2. The lowest BCUT2D eigenvalue weighted by molar-refractivity contribution is 0.163. The summed E-state index contributed by atoms with van der Waals surface area (Å²) in [6, 6.07) is 9.49. The first kappa shape index (κ1) is 19.3. The predicted octanol–water partition coefficient (Wildman–Crippen LogP) is 3.47. The number of anilines is 1. The van der Waals surface area contributed by atoms with E-state index < -0.39 is 0 Å². The van der Waals surface area contributed by atoms with E-state index in [1.165, 1.54) is 0 Å². The minimum atomic E-state index is -0.367. The summed E-state index contributed by atoms with van der Waals surface area (Å²) in [5, 5.41) is 23.8. The molecule has 5 nitrogen and oxygen atoms in total. The molecule has 0 radical (unpaired) electrons. The van der Waals surface area contributed by atoms with Gasteiger partial charge in [-0.3, -0.25) is 0 Å². The molecule has 0 saturated heterocycles. The molecular weight excluding hydrogens is 310 g/mol. The molecule has 0 fully saturated rings. The summed E-state index contributed by atoms with van der Waals surface area (Å²) < 4.78 is 0. The number of thioether (sulfide) groups is 1. The molecule has 23 heavy (non-hydrogen) atoms. The summed E-state index contributed by atoms with van der Waals surface area (Å²) in [4.78, 5) is 12.9. The van der Waals surface area contributed by atoms with Gasteiger partial charge in [0.1, 0.15) is 0 Å². The molecule has 2 amide bonds. The third kappa shape index (κ3) is 7.91. The van der Waals surface area contributed by atoms with Crippen LogP contribution in [0.25, 0.3) is 0 Å². The van der Waals surface area contributed by atoms with Gasteiger partial charge in [0.2, 0.25) is 0 Å². The van der Waals surface area contributed by atoms with Crippen molar-refractivity contribution in [2.45, 2.75) is 38.2 Å². The van der Waals surface area contributed by atoms with Gasteiger partial charge in [0.15, 0.2) is 0 Å². The first-order valence-electron chi connectivity index (χ1n) is 7.76. The SMILES string of the molecule is CC(O)CC(C)CNC(=O)Nc1ccccc1SCC(C)C#N. The largest absolute Gasteiger partial charge is 0.393 e. The van der Waals surface area contributed by atoms with Crippen LogP contribution in [0.2, 0.25) is 0 Å². The van der Waals surface area contributed by atoms with E-state index in [4.69, 9.17) is 5.26 Å². The number of aliphatic hydroxyl groups excluding tert-OH is 1. The summed E-state index contributed by atoms with van der Waals surface area (Å²) in [6.45, 7) is 6.11. The van der Waals surface area contributed by atoms with E-state index in [0.717, 1.165) is 10.6 Å². The zero-order valence-electron chi connectivity index (χ0n) is 13.9. The maximum Gasteiger partial charge on any atom is 0.319 e. The molecule has 1 aromatic carbocycles. The monoisotopic (exact) mass is 335 g/mol. The molecule has 3 atom stereocenters. The number of para-hydroxylation sites is 1. The molecule has 126 valence electrons. The summed E-state index contributed by atoms with van der Waals surface area (Å²) in [6.07, 6.45) is 0.285. The Bertz CT molecular complexity index is 543. The van der Waals surface area contributed by atoms with Crippen LogP contribution in [0.3, 0.4) is 0 Å². The Morgan fingerprint density at radius 2 is 2.04 bits per heavy atom. The number of nitriles is 1. The number of rotatable bonds is 8. The van der Waals surface area contributed by atoms with Gasteiger partial charge < -0.3 is 15.7 Å². The predicted molar refractivity (Wildman–Crippen MR) is 94.4 cm³/mol. The highest BCUT2D eigenvalue weighted by Crippen LogP contribution is 2.28. The van der Waals surface area contributed by atoms with Crippen molar-refractivity contribution in [1.29, 1.82) is 5.26 Å². The van der Waals surface area contributed by atoms with Crippen molar-refractivity contribution in [3.63, 3.8) is 0 Å². The highest BCUT2D eigenvalue weighted by molar-refractivity contribution is 7.99. The molecule has 3 N–H and O–H groups in total. The van der Waals surface area contributed by atoms with Crippen LogP contribution in [0.5, 0.6) is 0 Å². The molecule has 0 bridgehead atoms. The number of nitrogens with zero attached hydrogens (tertiary/aromatic N) is 1. The lowest BCUT2D eigenvalue weighted by Gasteiger charge is -2.16. The van der Waals surface area contributed by atoms with Crippen molar-refractivity contribution in [2.75, 3.05) is 17.6 Å². The van der Waals surface area contributed by atoms with E-state index in [-0.39, 0.29) is 24.0 Å². The Balaban J connectivity index is 2.53. The molecular formula is C17H25N3O2S. The van der Waals surface area contributed by atoms with Crippen molar-refractivity contribution < 1.29 is 9.90 Å². The van der Waals surface area contributed by atoms with Crippen molar-refractivity contribution in [1.82, 2.24) is 5.32 Å². The smallest absolute Gasteiger partial charge is 0.319 e. The second-order valence-electron chi connectivity index (χ2n) is 5.86. The van der Waals surface area contributed by atoms with Crippen molar-refractivity contribution in [3.8, 4) is 6.07 Å². The van der Waals surface area contributed by atoms with Gasteiger partial charge in [-0.15, -0.1) is 11.8 Å². The topological polar surface area (TPSA) is 85.2 Å². The van der Waals surface area contributed by atoms with E-state index in [2.05, 4.69) is 16.7 Å². The van der Waals surface area contributed by atoms with Gasteiger partial charge in [-0.2, -0.15) is 5.26 Å². The van der Waals surface area contributed by atoms with Gasteiger partial charge in [0.05, 0.1) is 23.8 Å². The molecule has 0 spiro atoms. The molecule has 6 heteroatoms. The minimum Gasteiger partial charge on any atom is -0.393 e. The number of benzene rings is 1. The molecule has 0 aliphatic heterocycles. The van der Waals surface area contributed by atoms with Gasteiger partial charge in [-0.1, -0.05) is 19.1 Å². The zero-order chi connectivity index (χ0) is 17.2. The normalized spacial score (nSPS) is 14.4. The third-order valence-corrected chi connectivity index (χ3v) is 4.53. The van der Waals surface area contributed by atoms with E-state index >= 15 is 0 Å². The molecule has 0 aliphatic rings. The van der Waals surface area contributed by atoms with Crippen LogP contribution in [0, 0.1) is 23.2 Å². The number of carbonyl (C=O) groups is 1. The van der Waals surface area contributed by atoms with E-state index in [1.807, 2.05) is 38.1 Å². The highest BCUT2D eigenvalue weighted by Gasteiger charge is 2.11. The van der Waals surface area contributed by atoms with Gasteiger partial charge in [0.25, 0.3) is 0 Å². The van der Waals surface area contributed by atoms with Crippen molar-refractivity contribution >= 4 is 23.5 Å². The van der Waals surface area contributed by atoms with Gasteiger partial charge in [0, 0.05) is 17.2 Å². The Morgan fingerprint density at radius 1 is 1.35 bits per heavy atom. The van der Waals surface area contributed by atoms with Gasteiger partial charge >= 0.3 is 6.03 Å². The summed E-state index contributed by atoms with van der Waals surface area (Å²) >= 11 is 1.56. The molecule has 1 aromatic rings. The number of urea groups is 1. The molecule has 0 saturated carbocycles. The molecule has 1 rings (SSSR count). The third-order valence-electron chi connectivity index (χ3n) is 3.20. The van der Waals surface area contributed by atoms with Crippen LogP contribution in [0.4, 0.5) is 10.5 Å². The number of amides is 2. The Morgan fingerprint density at radius 3 is 2.70 bits per heavy atom. The van der Waals surface area contributed by atoms with Gasteiger partial charge in [-0.25, -0.2) is 4.79 Å². The number of hydrogen-bond donors (Lipinski definition) is 3. The summed E-state index contributed by atoms with van der Waals surface area (Å²) in [7, 11) is 0. The fourth-order valence-electron chi connectivity index (χ4n) is 2.05. The first-order valence-corrected chi connectivity index (χ1v) is 8.75. The Hall–Kier alpha value is -1.71. The van der Waals surface area contributed by atoms with Crippen LogP contribution < -0.4 is 10.6 Å². The lowest BCUT2D eigenvalue weighted by atomic mass is 10.1. The zero-order valence-corrected chi connectivity index (χ0v) is 14.7. The fourth-order valence-corrected chi connectivity index (χ4v) is 3.00. The molecule has 3 unspecified atom stereocenters. The second-order valence-corrected chi connectivity index (χ2v) is 6.92. The maximum absolute atomic E-state index is 12.0. The van der Waals surface area contributed by atoms with Crippen LogP contribution in [0.15, 0.2) is 29.2 Å². The Kier molecular flexibility index (Phi) is 8.52. The van der Waals surface area contributed by atoms with Gasteiger partial charge in [-0.05, 0) is 38.3 Å². The minimum absolute atomic E-state index is 0.0387. The second kappa shape index (κ2) is 10.1. The summed E-state index contributed by atoms with van der Waals surface area (Å²) in [5.41, 5.74) is 0.739. The fraction of sp³-hybridized carbons (Fsp3) is 0.529. The lowest BCUT2D eigenvalue weighted by Crippen LogP contribution is -2.33. The molecule has 0 aromatic heterocycles. The van der Waals surface area contributed by atoms with Crippen molar-refractivity contribution in [3.05, 3.63) is 24.3 Å². The average molecular weight is 335 g/mol. The number of carbonyl (C=O) groups excluding carboxylic acids is 1. The number of aliphatic hydroxyl groups is 1. The maximum atomic E-state index is 12.0. The first-order chi connectivity index (χ1) is 10.9. The number of hydrogen-bond acceptors (Lipinski definition) is 4. The quantitative estimate of drug-likeness (QED) is 0.635. The number of nitrogens with one attached hydrogen (secondary N) is 2. The molecule has 0 aliphatic carbocycles. The summed E-state index contributed by atoms with van der Waals surface area (Å²) in [5.74, 6) is 0.854. The van der Waals surface area contributed by atoms with E-state index in [1.54, 1.807) is 18.7 Å². The van der Waals surface area contributed by atoms with Crippen LogP contribution >= 0.6 is 11.8 Å². The standard InChI is InChI=1S/C17H25N3O2S/c1-12(8-14(3)21)10-19-17(22)20-15-6-4-5-7-16(15)23-11-13(2)9-18/h4-7,12-14,21H,8,10-11H2,1-3H3,(H2,19,20,22).